The maximum atomic E-state index is 4.56. The monoisotopic (exact) mass is 308 g/mol. The third kappa shape index (κ3) is 4.70. The van der Waals surface area contributed by atoms with Crippen molar-refractivity contribution < 1.29 is 0 Å². The predicted octanol–water partition coefficient (Wildman–Crippen LogP) is 3.39. The Labute approximate surface area is 132 Å². The van der Waals surface area contributed by atoms with Crippen molar-refractivity contribution in [2.24, 2.45) is 10.4 Å². The summed E-state index contributed by atoms with van der Waals surface area (Å²) in [6.07, 6.45) is 5.02. The SMILES string of the molecule is CN=C(NCc1nc(C)c(C)s1)NC1CCC(C)(C)CC1. The molecule has 1 aromatic rings. The molecule has 0 radical (unpaired) electrons. The molecule has 2 N–H and O–H groups in total. The lowest BCUT2D eigenvalue weighted by molar-refractivity contribution is 0.216. The molecule has 0 aliphatic heterocycles. The number of aryl methyl sites for hydroxylation is 2. The summed E-state index contributed by atoms with van der Waals surface area (Å²) in [5.74, 6) is 0.894. The van der Waals surface area contributed by atoms with Crippen LogP contribution in [-0.4, -0.2) is 24.0 Å². The van der Waals surface area contributed by atoms with Crippen molar-refractivity contribution in [3.63, 3.8) is 0 Å². The summed E-state index contributed by atoms with van der Waals surface area (Å²) >= 11 is 1.76. The Hall–Kier alpha value is -1.10. The van der Waals surface area contributed by atoms with Crippen LogP contribution in [0, 0.1) is 19.3 Å². The van der Waals surface area contributed by atoms with E-state index in [0.717, 1.165) is 23.2 Å². The van der Waals surface area contributed by atoms with Crippen molar-refractivity contribution in [3.05, 3.63) is 15.6 Å². The fraction of sp³-hybridized carbons (Fsp3) is 0.750. The maximum Gasteiger partial charge on any atom is 0.191 e. The summed E-state index contributed by atoms with van der Waals surface area (Å²) < 4.78 is 0. The second-order valence-electron chi connectivity index (χ2n) is 6.76. The Kier molecular flexibility index (Phi) is 5.25. The highest BCUT2D eigenvalue weighted by Crippen LogP contribution is 2.34. The number of aliphatic imine (C=N–C) groups is 1. The van der Waals surface area contributed by atoms with Crippen LogP contribution in [0.25, 0.3) is 0 Å². The van der Waals surface area contributed by atoms with Gasteiger partial charge in [-0.2, -0.15) is 0 Å². The van der Waals surface area contributed by atoms with Gasteiger partial charge in [-0.15, -0.1) is 11.3 Å². The van der Waals surface area contributed by atoms with E-state index in [2.05, 4.69) is 48.3 Å². The fourth-order valence-corrected chi connectivity index (χ4v) is 3.58. The average molecular weight is 308 g/mol. The van der Waals surface area contributed by atoms with Crippen LogP contribution in [0.1, 0.15) is 55.1 Å². The van der Waals surface area contributed by atoms with Crippen molar-refractivity contribution in [1.82, 2.24) is 15.6 Å². The summed E-state index contributed by atoms with van der Waals surface area (Å²) in [7, 11) is 1.83. The van der Waals surface area contributed by atoms with Crippen LogP contribution in [-0.2, 0) is 6.54 Å². The predicted molar refractivity (Wildman–Crippen MR) is 91.0 cm³/mol. The zero-order valence-corrected chi connectivity index (χ0v) is 14.7. The number of rotatable bonds is 3. The summed E-state index contributed by atoms with van der Waals surface area (Å²) in [6, 6.07) is 0.545. The molecule has 2 rings (SSSR count). The van der Waals surface area contributed by atoms with Crippen LogP contribution in [0.3, 0.4) is 0 Å². The number of nitrogens with one attached hydrogen (secondary N) is 2. The molecule has 1 fully saturated rings. The largest absolute Gasteiger partial charge is 0.354 e. The van der Waals surface area contributed by atoms with Crippen LogP contribution in [0.15, 0.2) is 4.99 Å². The highest BCUT2D eigenvalue weighted by atomic mass is 32.1. The summed E-state index contributed by atoms with van der Waals surface area (Å²) in [4.78, 5) is 10.2. The highest BCUT2D eigenvalue weighted by Gasteiger charge is 2.27. The minimum Gasteiger partial charge on any atom is -0.354 e. The second-order valence-corrected chi connectivity index (χ2v) is 8.05. The lowest BCUT2D eigenvalue weighted by Crippen LogP contribution is -2.45. The lowest BCUT2D eigenvalue weighted by atomic mass is 9.75. The first-order valence-electron chi connectivity index (χ1n) is 7.80. The Bertz CT molecular complexity index is 475. The maximum absolute atomic E-state index is 4.56. The van der Waals surface area contributed by atoms with Crippen molar-refractivity contribution >= 4 is 17.3 Å². The van der Waals surface area contributed by atoms with Gasteiger partial charge >= 0.3 is 0 Å². The molecule has 4 nitrogen and oxygen atoms in total. The molecule has 0 aromatic carbocycles. The molecule has 0 spiro atoms. The molecule has 0 saturated heterocycles. The van der Waals surface area contributed by atoms with Gasteiger partial charge in [0.1, 0.15) is 5.01 Å². The van der Waals surface area contributed by atoms with Crippen LogP contribution in [0.2, 0.25) is 0 Å². The Morgan fingerprint density at radius 1 is 1.33 bits per heavy atom. The van der Waals surface area contributed by atoms with E-state index < -0.39 is 0 Å². The van der Waals surface area contributed by atoms with Gasteiger partial charge in [-0.3, -0.25) is 4.99 Å². The average Bonchev–Trinajstić information content (AvgIpc) is 2.75. The number of thiazole rings is 1. The fourth-order valence-electron chi connectivity index (χ4n) is 2.71. The van der Waals surface area contributed by atoms with Crippen LogP contribution < -0.4 is 10.6 Å². The topological polar surface area (TPSA) is 49.3 Å². The van der Waals surface area contributed by atoms with E-state index >= 15 is 0 Å². The summed E-state index contributed by atoms with van der Waals surface area (Å²) in [5.41, 5.74) is 1.64. The molecule has 1 aromatic heterocycles. The molecule has 1 saturated carbocycles. The first kappa shape index (κ1) is 16.3. The van der Waals surface area contributed by atoms with E-state index in [9.17, 15) is 0 Å². The normalized spacial score (nSPS) is 19.6. The smallest absolute Gasteiger partial charge is 0.191 e. The van der Waals surface area contributed by atoms with E-state index in [1.807, 2.05) is 7.05 Å². The Balaban J connectivity index is 1.81. The molecule has 0 unspecified atom stereocenters. The zero-order chi connectivity index (χ0) is 15.5. The Morgan fingerprint density at radius 3 is 2.52 bits per heavy atom. The standard InChI is InChI=1S/C16H28N4S/c1-11-12(2)21-14(19-11)10-18-15(17-5)20-13-6-8-16(3,4)9-7-13/h13H,6-10H2,1-5H3,(H2,17,18,20). The lowest BCUT2D eigenvalue weighted by Gasteiger charge is -2.35. The van der Waals surface area contributed by atoms with Gasteiger partial charge in [-0.05, 0) is 44.9 Å². The first-order chi connectivity index (χ1) is 9.89. The van der Waals surface area contributed by atoms with Gasteiger partial charge in [-0.25, -0.2) is 4.98 Å². The highest BCUT2D eigenvalue weighted by molar-refractivity contribution is 7.11. The van der Waals surface area contributed by atoms with E-state index in [-0.39, 0.29) is 0 Å². The van der Waals surface area contributed by atoms with Gasteiger partial charge in [0.2, 0.25) is 0 Å². The van der Waals surface area contributed by atoms with Crippen molar-refractivity contribution in [3.8, 4) is 0 Å². The molecule has 1 aliphatic rings. The molecular weight excluding hydrogens is 280 g/mol. The molecule has 118 valence electrons. The minimum atomic E-state index is 0.505. The molecule has 1 heterocycles. The number of aromatic nitrogens is 1. The molecule has 1 aliphatic carbocycles. The van der Waals surface area contributed by atoms with Gasteiger partial charge in [0.05, 0.1) is 12.2 Å². The summed E-state index contributed by atoms with van der Waals surface area (Å²) in [6.45, 7) is 9.66. The van der Waals surface area contributed by atoms with Gasteiger partial charge in [0.25, 0.3) is 0 Å². The van der Waals surface area contributed by atoms with Gasteiger partial charge in [0, 0.05) is 18.0 Å². The number of hydrogen-bond donors (Lipinski definition) is 2. The second kappa shape index (κ2) is 6.77. The van der Waals surface area contributed by atoms with Gasteiger partial charge in [0.15, 0.2) is 5.96 Å². The zero-order valence-electron chi connectivity index (χ0n) is 13.9. The van der Waals surface area contributed by atoms with Crippen LogP contribution in [0.5, 0.6) is 0 Å². The van der Waals surface area contributed by atoms with Crippen LogP contribution >= 0.6 is 11.3 Å². The quantitative estimate of drug-likeness (QED) is 0.665. The van der Waals surface area contributed by atoms with Crippen molar-refractivity contribution in [2.45, 2.75) is 66.0 Å². The van der Waals surface area contributed by atoms with Crippen molar-refractivity contribution in [1.29, 1.82) is 0 Å². The number of guanidine groups is 1. The number of nitrogens with zero attached hydrogens (tertiary/aromatic N) is 2. The molecule has 21 heavy (non-hydrogen) atoms. The van der Waals surface area contributed by atoms with Gasteiger partial charge in [-0.1, -0.05) is 13.8 Å². The van der Waals surface area contributed by atoms with Gasteiger partial charge < -0.3 is 10.6 Å². The molecular formula is C16H28N4S. The van der Waals surface area contributed by atoms with E-state index in [1.54, 1.807) is 11.3 Å². The molecule has 0 amide bonds. The minimum absolute atomic E-state index is 0.505. The van der Waals surface area contributed by atoms with E-state index in [4.69, 9.17) is 0 Å². The number of hydrogen-bond acceptors (Lipinski definition) is 3. The van der Waals surface area contributed by atoms with Crippen LogP contribution in [0.4, 0.5) is 0 Å². The Morgan fingerprint density at radius 2 is 2.00 bits per heavy atom. The van der Waals surface area contributed by atoms with E-state index in [1.165, 1.54) is 30.6 Å². The third-order valence-electron chi connectivity index (χ3n) is 4.38. The first-order valence-corrected chi connectivity index (χ1v) is 8.61. The molecule has 0 bridgehead atoms. The molecule has 0 atom stereocenters. The summed E-state index contributed by atoms with van der Waals surface area (Å²) in [5, 5.41) is 8.05. The third-order valence-corrected chi connectivity index (χ3v) is 5.46. The van der Waals surface area contributed by atoms with E-state index in [0.29, 0.717) is 11.5 Å². The van der Waals surface area contributed by atoms with Crippen molar-refractivity contribution in [2.75, 3.05) is 7.05 Å². The molecule has 5 heteroatoms.